The van der Waals surface area contributed by atoms with Gasteiger partial charge < -0.3 is 10.1 Å². The summed E-state index contributed by atoms with van der Waals surface area (Å²) in [5.74, 6) is 0.110. The number of hydrogen-bond acceptors (Lipinski definition) is 2. The predicted molar refractivity (Wildman–Crippen MR) is 57.5 cm³/mol. The summed E-state index contributed by atoms with van der Waals surface area (Å²) in [6.07, 6.45) is 3.20. The summed E-state index contributed by atoms with van der Waals surface area (Å²) < 4.78 is 19.0. The highest BCUT2D eigenvalue weighted by molar-refractivity contribution is 5.23. The molecule has 1 saturated heterocycles. The molecule has 1 N–H and O–H groups in total. The summed E-state index contributed by atoms with van der Waals surface area (Å²) in [6.45, 7) is 2.00. The van der Waals surface area contributed by atoms with Crippen molar-refractivity contribution in [2.45, 2.75) is 25.4 Å². The van der Waals surface area contributed by atoms with Gasteiger partial charge >= 0.3 is 0 Å². The Morgan fingerprint density at radius 2 is 2.07 bits per heavy atom. The standard InChI is InChI=1S/C12H16FNO/c13-11-5-1-2-6-12(11)15-10-4-3-8-14-9-7-10/h1-2,5-6,10,14H,3-4,7-9H2. The van der Waals surface area contributed by atoms with Crippen LogP contribution in [0, 0.1) is 5.82 Å². The van der Waals surface area contributed by atoms with E-state index in [1.165, 1.54) is 6.07 Å². The fraction of sp³-hybridized carbons (Fsp3) is 0.500. The van der Waals surface area contributed by atoms with Crippen LogP contribution in [0.1, 0.15) is 19.3 Å². The molecule has 0 saturated carbocycles. The first-order valence-electron chi connectivity index (χ1n) is 5.48. The molecule has 2 rings (SSSR count). The summed E-state index contributed by atoms with van der Waals surface area (Å²) in [5.41, 5.74) is 0. The fourth-order valence-electron chi connectivity index (χ4n) is 1.82. The Hall–Kier alpha value is -1.09. The van der Waals surface area contributed by atoms with Crippen LogP contribution in [0.2, 0.25) is 0 Å². The van der Waals surface area contributed by atoms with Crippen molar-refractivity contribution in [2.24, 2.45) is 0 Å². The zero-order valence-electron chi connectivity index (χ0n) is 8.71. The molecule has 1 fully saturated rings. The van der Waals surface area contributed by atoms with Gasteiger partial charge in [-0.2, -0.15) is 0 Å². The van der Waals surface area contributed by atoms with E-state index in [9.17, 15) is 4.39 Å². The highest BCUT2D eigenvalue weighted by Crippen LogP contribution is 2.20. The quantitative estimate of drug-likeness (QED) is 0.807. The van der Waals surface area contributed by atoms with Gasteiger partial charge in [0.15, 0.2) is 11.6 Å². The maximum absolute atomic E-state index is 13.3. The lowest BCUT2D eigenvalue weighted by atomic mass is 10.1. The molecular formula is C12H16FNO. The zero-order chi connectivity index (χ0) is 10.5. The van der Waals surface area contributed by atoms with Crippen LogP contribution in [0.15, 0.2) is 24.3 Å². The summed E-state index contributed by atoms with van der Waals surface area (Å²) in [6, 6.07) is 6.60. The van der Waals surface area contributed by atoms with Crippen LogP contribution < -0.4 is 10.1 Å². The molecule has 2 nitrogen and oxygen atoms in total. The molecule has 3 heteroatoms. The highest BCUT2D eigenvalue weighted by Gasteiger charge is 2.14. The minimum atomic E-state index is -0.269. The van der Waals surface area contributed by atoms with Crippen molar-refractivity contribution in [2.75, 3.05) is 13.1 Å². The number of nitrogens with one attached hydrogen (secondary N) is 1. The van der Waals surface area contributed by atoms with Crippen LogP contribution in [0.3, 0.4) is 0 Å². The lowest BCUT2D eigenvalue weighted by molar-refractivity contribution is 0.179. The van der Waals surface area contributed by atoms with E-state index in [0.29, 0.717) is 5.75 Å². The molecule has 1 aromatic rings. The van der Waals surface area contributed by atoms with Crippen molar-refractivity contribution >= 4 is 0 Å². The first-order chi connectivity index (χ1) is 7.36. The second kappa shape index (κ2) is 5.12. The molecule has 15 heavy (non-hydrogen) atoms. The Balaban J connectivity index is 1.98. The van der Waals surface area contributed by atoms with Gasteiger partial charge in [0.05, 0.1) is 0 Å². The topological polar surface area (TPSA) is 21.3 Å². The number of rotatable bonds is 2. The van der Waals surface area contributed by atoms with Crippen molar-refractivity contribution in [1.82, 2.24) is 5.32 Å². The van der Waals surface area contributed by atoms with E-state index in [4.69, 9.17) is 4.74 Å². The van der Waals surface area contributed by atoms with Crippen molar-refractivity contribution in [1.29, 1.82) is 0 Å². The van der Waals surface area contributed by atoms with Gasteiger partial charge in [-0.05, 0) is 44.5 Å². The minimum Gasteiger partial charge on any atom is -0.487 e. The first kappa shape index (κ1) is 10.4. The zero-order valence-corrected chi connectivity index (χ0v) is 8.71. The second-order valence-corrected chi connectivity index (χ2v) is 3.85. The predicted octanol–water partition coefficient (Wildman–Crippen LogP) is 2.35. The van der Waals surface area contributed by atoms with E-state index >= 15 is 0 Å². The maximum atomic E-state index is 13.3. The number of halogens is 1. The minimum absolute atomic E-state index is 0.150. The van der Waals surface area contributed by atoms with Gasteiger partial charge in [-0.3, -0.25) is 0 Å². The van der Waals surface area contributed by atoms with Crippen LogP contribution in [0.25, 0.3) is 0 Å². The van der Waals surface area contributed by atoms with Gasteiger partial charge in [0.25, 0.3) is 0 Å². The lowest BCUT2D eigenvalue weighted by Crippen LogP contribution is -2.19. The maximum Gasteiger partial charge on any atom is 0.165 e. The van der Waals surface area contributed by atoms with Gasteiger partial charge in [-0.25, -0.2) is 4.39 Å². The molecule has 1 aliphatic rings. The summed E-state index contributed by atoms with van der Waals surface area (Å²) in [4.78, 5) is 0. The van der Waals surface area contributed by atoms with Crippen LogP contribution in [-0.2, 0) is 0 Å². The third kappa shape index (κ3) is 2.93. The molecule has 0 spiro atoms. The van der Waals surface area contributed by atoms with Crippen molar-refractivity contribution in [3.8, 4) is 5.75 Å². The van der Waals surface area contributed by atoms with Crippen LogP contribution in [0.4, 0.5) is 4.39 Å². The van der Waals surface area contributed by atoms with Crippen LogP contribution >= 0.6 is 0 Å². The third-order valence-electron chi connectivity index (χ3n) is 2.65. The number of benzene rings is 1. The first-order valence-corrected chi connectivity index (χ1v) is 5.48. The van der Waals surface area contributed by atoms with E-state index < -0.39 is 0 Å². The number of ether oxygens (including phenoxy) is 1. The number of hydrogen-bond donors (Lipinski definition) is 1. The molecule has 0 aromatic heterocycles. The molecule has 0 bridgehead atoms. The molecule has 1 atom stereocenters. The molecule has 0 aliphatic carbocycles. The van der Waals surface area contributed by atoms with Gasteiger partial charge in [0.2, 0.25) is 0 Å². The molecular weight excluding hydrogens is 193 g/mol. The van der Waals surface area contributed by atoms with Gasteiger partial charge in [-0.1, -0.05) is 12.1 Å². The Morgan fingerprint density at radius 1 is 1.20 bits per heavy atom. The van der Waals surface area contributed by atoms with Gasteiger partial charge in [0, 0.05) is 0 Å². The van der Waals surface area contributed by atoms with E-state index in [1.807, 2.05) is 0 Å². The highest BCUT2D eigenvalue weighted by atomic mass is 19.1. The van der Waals surface area contributed by atoms with Crippen LogP contribution in [0.5, 0.6) is 5.75 Å². The van der Waals surface area contributed by atoms with E-state index in [2.05, 4.69) is 5.32 Å². The fourth-order valence-corrected chi connectivity index (χ4v) is 1.82. The molecule has 1 heterocycles. The average molecular weight is 209 g/mol. The monoisotopic (exact) mass is 209 g/mol. The Bertz CT molecular complexity index is 308. The normalized spacial score (nSPS) is 22.1. The summed E-state index contributed by atoms with van der Waals surface area (Å²) in [5, 5.41) is 3.30. The molecule has 1 aliphatic heterocycles. The number of para-hydroxylation sites is 1. The Kier molecular flexibility index (Phi) is 3.56. The average Bonchev–Trinajstić information content (AvgIpc) is 2.50. The van der Waals surface area contributed by atoms with Crippen molar-refractivity contribution in [3.05, 3.63) is 30.1 Å². The van der Waals surface area contributed by atoms with Crippen LogP contribution in [-0.4, -0.2) is 19.2 Å². The van der Waals surface area contributed by atoms with Gasteiger partial charge in [-0.15, -0.1) is 0 Å². The smallest absolute Gasteiger partial charge is 0.165 e. The largest absolute Gasteiger partial charge is 0.487 e. The van der Waals surface area contributed by atoms with Gasteiger partial charge in [0.1, 0.15) is 6.10 Å². The molecule has 82 valence electrons. The second-order valence-electron chi connectivity index (χ2n) is 3.85. The Labute approximate surface area is 89.4 Å². The lowest BCUT2D eigenvalue weighted by Gasteiger charge is -2.16. The van der Waals surface area contributed by atoms with Crippen molar-refractivity contribution in [3.63, 3.8) is 0 Å². The van der Waals surface area contributed by atoms with Crippen molar-refractivity contribution < 1.29 is 9.13 Å². The molecule has 0 amide bonds. The summed E-state index contributed by atoms with van der Waals surface area (Å²) >= 11 is 0. The SMILES string of the molecule is Fc1ccccc1OC1CCCNCC1. The van der Waals surface area contributed by atoms with E-state index in [0.717, 1.165) is 32.4 Å². The molecule has 1 aromatic carbocycles. The Morgan fingerprint density at radius 3 is 2.93 bits per heavy atom. The van der Waals surface area contributed by atoms with E-state index in [1.54, 1.807) is 18.2 Å². The molecule has 0 radical (unpaired) electrons. The third-order valence-corrected chi connectivity index (χ3v) is 2.65. The summed E-state index contributed by atoms with van der Waals surface area (Å²) in [7, 11) is 0. The molecule has 1 unspecified atom stereocenters. The van der Waals surface area contributed by atoms with E-state index in [-0.39, 0.29) is 11.9 Å².